The van der Waals surface area contributed by atoms with Crippen LogP contribution < -0.4 is 0 Å². The van der Waals surface area contributed by atoms with Crippen LogP contribution in [0.2, 0.25) is 0 Å². The van der Waals surface area contributed by atoms with Crippen molar-refractivity contribution in [1.82, 2.24) is 4.90 Å². The van der Waals surface area contributed by atoms with E-state index in [1.54, 1.807) is 13.8 Å². The molecule has 6 aliphatic rings. The van der Waals surface area contributed by atoms with Crippen LogP contribution in [0.1, 0.15) is 159 Å². The summed E-state index contributed by atoms with van der Waals surface area (Å²) in [6, 6.07) is 0. The molecule has 0 unspecified atom stereocenters. The van der Waals surface area contributed by atoms with Crippen molar-refractivity contribution >= 4 is 11.9 Å². The van der Waals surface area contributed by atoms with E-state index < -0.39 is 11.4 Å². The van der Waals surface area contributed by atoms with Crippen molar-refractivity contribution in [1.29, 1.82) is 0 Å². The summed E-state index contributed by atoms with van der Waals surface area (Å²) in [5.41, 5.74) is 1.57. The monoisotopic (exact) mass is 680 g/mol. The highest BCUT2D eigenvalue weighted by molar-refractivity contribution is 5.81. The first-order valence-corrected chi connectivity index (χ1v) is 20.7. The van der Waals surface area contributed by atoms with Crippen LogP contribution in [-0.2, 0) is 14.3 Å². The van der Waals surface area contributed by atoms with Gasteiger partial charge in [-0.2, -0.15) is 0 Å². The smallest absolute Gasteiger partial charge is 0.309 e. The summed E-state index contributed by atoms with van der Waals surface area (Å²) in [4.78, 5) is 27.8. The van der Waals surface area contributed by atoms with Gasteiger partial charge in [0.25, 0.3) is 0 Å². The Morgan fingerprint density at radius 1 is 0.878 bits per heavy atom. The molecule has 0 aromatic carbocycles. The maximum absolute atomic E-state index is 13.2. The fourth-order valence-corrected chi connectivity index (χ4v) is 14.2. The predicted molar refractivity (Wildman–Crippen MR) is 199 cm³/mol. The van der Waals surface area contributed by atoms with E-state index in [2.05, 4.69) is 59.9 Å². The molecule has 0 spiro atoms. The van der Waals surface area contributed by atoms with E-state index >= 15 is 0 Å². The van der Waals surface area contributed by atoms with E-state index in [1.165, 1.54) is 95.8 Å². The van der Waals surface area contributed by atoms with E-state index in [0.717, 1.165) is 37.0 Å². The molecule has 0 heterocycles. The molecule has 49 heavy (non-hydrogen) atoms. The van der Waals surface area contributed by atoms with Crippen molar-refractivity contribution in [2.45, 2.75) is 165 Å². The van der Waals surface area contributed by atoms with Gasteiger partial charge in [-0.05, 0) is 181 Å². The highest BCUT2D eigenvalue weighted by atomic mass is 16.5. The minimum atomic E-state index is -1.12. The summed E-state index contributed by atoms with van der Waals surface area (Å²) < 4.78 is 6.30. The van der Waals surface area contributed by atoms with Gasteiger partial charge in [-0.25, -0.2) is 0 Å². The lowest BCUT2D eigenvalue weighted by Crippen LogP contribution is -2.67. The molecule has 6 rings (SSSR count). The first-order chi connectivity index (χ1) is 22.9. The van der Waals surface area contributed by atoms with Gasteiger partial charge in [0.15, 0.2) is 0 Å². The Labute approximate surface area is 300 Å². The summed E-state index contributed by atoms with van der Waals surface area (Å²) in [6.07, 6.45) is 17.7. The second kappa shape index (κ2) is 12.9. The fourth-order valence-electron chi connectivity index (χ4n) is 14.2. The van der Waals surface area contributed by atoms with Crippen LogP contribution in [0.4, 0.5) is 0 Å². The topological polar surface area (TPSA) is 66.8 Å². The molecule has 0 bridgehead atoms. The highest BCUT2D eigenvalue weighted by Gasteiger charge is 2.71. The molecule has 278 valence electrons. The molecule has 6 aliphatic carbocycles. The number of carbonyl (C=O) groups is 2. The van der Waals surface area contributed by atoms with Crippen molar-refractivity contribution in [3.05, 3.63) is 12.2 Å². The number of rotatable bonds is 12. The van der Waals surface area contributed by atoms with Crippen LogP contribution in [0.15, 0.2) is 12.2 Å². The normalized spacial score (nSPS) is 44.8. The molecular weight excluding hydrogens is 606 g/mol. The van der Waals surface area contributed by atoms with Crippen LogP contribution in [0.25, 0.3) is 0 Å². The maximum atomic E-state index is 13.2. The minimum Gasteiger partial charge on any atom is -0.481 e. The van der Waals surface area contributed by atoms with Crippen molar-refractivity contribution in [3.63, 3.8) is 0 Å². The predicted octanol–water partition coefficient (Wildman–Crippen LogP) is 10.6. The lowest BCUT2D eigenvalue weighted by atomic mass is 9.32. The molecule has 0 aliphatic heterocycles. The summed E-state index contributed by atoms with van der Waals surface area (Å²) in [6.45, 7) is 29.2. The van der Waals surface area contributed by atoms with Gasteiger partial charge in [-0.15, -0.1) is 0 Å². The molecule has 0 amide bonds. The number of aliphatic carboxylic acids is 1. The van der Waals surface area contributed by atoms with Crippen molar-refractivity contribution < 1.29 is 19.4 Å². The Balaban J connectivity index is 1.25. The largest absolute Gasteiger partial charge is 0.481 e. The summed E-state index contributed by atoms with van der Waals surface area (Å²) in [5.74, 6) is 3.08. The van der Waals surface area contributed by atoms with Gasteiger partial charge in [0.1, 0.15) is 6.10 Å². The number of carboxylic acids is 1. The van der Waals surface area contributed by atoms with E-state index in [9.17, 15) is 14.7 Å². The van der Waals surface area contributed by atoms with Gasteiger partial charge < -0.3 is 14.7 Å². The average Bonchev–Trinajstić information content (AvgIpc) is 3.77. The quantitative estimate of drug-likeness (QED) is 0.164. The van der Waals surface area contributed by atoms with Gasteiger partial charge in [0.05, 0.1) is 11.8 Å². The average molecular weight is 680 g/mol. The Kier molecular flexibility index (Phi) is 9.88. The van der Waals surface area contributed by atoms with Gasteiger partial charge in [-0.1, -0.05) is 53.7 Å². The van der Waals surface area contributed by atoms with Crippen LogP contribution in [0.3, 0.4) is 0 Å². The molecule has 11 atom stereocenters. The van der Waals surface area contributed by atoms with Crippen LogP contribution >= 0.6 is 0 Å². The van der Waals surface area contributed by atoms with Crippen molar-refractivity contribution in [2.75, 3.05) is 19.6 Å². The van der Waals surface area contributed by atoms with Gasteiger partial charge in [0.2, 0.25) is 0 Å². The Morgan fingerprint density at radius 2 is 1.59 bits per heavy atom. The second-order valence-corrected chi connectivity index (χ2v) is 20.4. The number of fused-ring (bicyclic) bond motifs is 7. The van der Waals surface area contributed by atoms with E-state index in [1.807, 2.05) is 0 Å². The summed E-state index contributed by atoms with van der Waals surface area (Å²) in [5, 5.41) is 9.65. The molecule has 0 saturated heterocycles. The van der Waals surface area contributed by atoms with Crippen molar-refractivity contribution in [2.24, 2.45) is 68.0 Å². The molecule has 1 N–H and O–H groups in total. The molecular formula is C44H73NO4. The first kappa shape index (κ1) is 37.4. The fraction of sp³-hybridized carbons (Fsp3) is 0.909. The number of esters is 1. The first-order valence-electron chi connectivity index (χ1n) is 20.7. The lowest BCUT2D eigenvalue weighted by Gasteiger charge is -2.73. The van der Waals surface area contributed by atoms with Gasteiger partial charge in [0, 0.05) is 12.0 Å². The summed E-state index contributed by atoms with van der Waals surface area (Å²) in [7, 11) is 0. The zero-order valence-corrected chi connectivity index (χ0v) is 33.1. The number of carboxylic acid groups (broad SMARTS) is 1. The third kappa shape index (κ3) is 5.98. The van der Waals surface area contributed by atoms with Crippen LogP contribution in [0, 0.1) is 68.0 Å². The minimum absolute atomic E-state index is 0.0775. The molecule has 5 heteroatoms. The lowest BCUT2D eigenvalue weighted by molar-refractivity contribution is -0.253. The summed E-state index contributed by atoms with van der Waals surface area (Å²) >= 11 is 0. The Bertz CT molecular complexity index is 1290. The van der Waals surface area contributed by atoms with E-state index in [0.29, 0.717) is 34.0 Å². The number of nitrogens with zero attached hydrogens (tertiary/aromatic N) is 1. The van der Waals surface area contributed by atoms with Crippen LogP contribution in [0.5, 0.6) is 0 Å². The van der Waals surface area contributed by atoms with Gasteiger partial charge in [-0.3, -0.25) is 9.59 Å². The highest BCUT2D eigenvalue weighted by Crippen LogP contribution is 2.78. The van der Waals surface area contributed by atoms with E-state index in [4.69, 9.17) is 4.74 Å². The van der Waals surface area contributed by atoms with Crippen LogP contribution in [-0.4, -0.2) is 47.7 Å². The molecule has 0 aromatic heterocycles. The van der Waals surface area contributed by atoms with Gasteiger partial charge >= 0.3 is 11.9 Å². The third-order valence-corrected chi connectivity index (χ3v) is 17.8. The number of ether oxygens (including phenoxy) is 1. The molecule has 0 aromatic rings. The zero-order chi connectivity index (χ0) is 35.8. The Morgan fingerprint density at radius 3 is 2.20 bits per heavy atom. The molecule has 6 fully saturated rings. The SMILES string of the molecule is C=C(C)[C@@H]1CC[C@]2(CCN(CC)CC3CC3)CC[C@]3(C)[C@H](CC[C@@H]4[C@@]5(C)CC[C@H](OC(=O)CC(C)(C)C(=O)O)[C@@](C)(CC)[C@@H]5CC[C@]43C)[C@@H]12. The number of hydrogen-bond donors (Lipinski definition) is 1. The maximum Gasteiger partial charge on any atom is 0.309 e. The number of hydrogen-bond acceptors (Lipinski definition) is 4. The number of allylic oxidation sites excluding steroid dienone is 1. The molecule has 6 saturated carbocycles. The zero-order valence-electron chi connectivity index (χ0n) is 33.1. The molecule has 5 nitrogen and oxygen atoms in total. The molecule has 0 radical (unpaired) electrons. The standard InChI is InChI=1S/C44H73NO4/c1-11-40(7)33-18-21-43(10)34(41(33,8)20-19-35(40)49-36(46)27-39(5,6)38(47)48)16-15-32-37-31(29(3)4)17-22-44(37,24-23-42(32,43)9)25-26-45(12-2)28-30-13-14-30/h30-35,37H,3,11-28H2,1-2,4-10H3,(H,47,48)/t31-,32+,33-,34+,35-,37+,40-,41-,42+,43+,44+/m0/s1. The third-order valence-electron chi connectivity index (χ3n) is 17.8. The Hall–Kier alpha value is -1.36. The van der Waals surface area contributed by atoms with Crippen molar-refractivity contribution in [3.8, 4) is 0 Å². The second-order valence-electron chi connectivity index (χ2n) is 20.4. The van der Waals surface area contributed by atoms with E-state index in [-0.39, 0.29) is 29.3 Å². The number of carbonyl (C=O) groups excluding carboxylic acids is 1.